The van der Waals surface area contributed by atoms with Crippen LogP contribution in [0.5, 0.6) is 34.5 Å². The number of phenolic OH excluding ortho intramolecular Hbond substituents is 6. The highest BCUT2D eigenvalue weighted by atomic mass is 16.3. The Labute approximate surface area is 236 Å². The molecule has 10 N–H and O–H groups in total. The molecule has 4 aromatic carbocycles. The predicted octanol–water partition coefficient (Wildman–Crippen LogP) is 2.64. The first-order valence-electron chi connectivity index (χ1n) is 12.8. The van der Waals surface area contributed by atoms with E-state index in [1.54, 1.807) is 0 Å². The molecule has 0 aromatic heterocycles. The minimum atomic E-state index is -1.84. The molecule has 0 amide bonds. The molecule has 0 saturated heterocycles. The van der Waals surface area contributed by atoms with Crippen molar-refractivity contribution in [2.45, 2.75) is 50.1 Å². The molecule has 0 spiro atoms. The summed E-state index contributed by atoms with van der Waals surface area (Å²) in [5, 5.41) is 108. The summed E-state index contributed by atoms with van der Waals surface area (Å²) in [6, 6.07) is 4.47. The van der Waals surface area contributed by atoms with Crippen molar-refractivity contribution in [3.8, 4) is 45.6 Å². The summed E-state index contributed by atoms with van der Waals surface area (Å²) in [5.41, 5.74) is -5.88. The number of benzene rings is 4. The molecule has 218 valence electrons. The predicted molar refractivity (Wildman–Crippen MR) is 146 cm³/mol. The second kappa shape index (κ2) is 8.46. The molecule has 0 heterocycles. The van der Waals surface area contributed by atoms with Gasteiger partial charge < -0.3 is 51.1 Å². The van der Waals surface area contributed by atoms with E-state index in [0.717, 1.165) is 12.1 Å². The van der Waals surface area contributed by atoms with Crippen molar-refractivity contribution in [2.24, 2.45) is 0 Å². The summed E-state index contributed by atoms with van der Waals surface area (Å²) in [4.78, 5) is 25.6. The number of fused-ring (bicyclic) bond motifs is 4. The Bertz CT molecular complexity index is 1780. The highest BCUT2D eigenvalue weighted by molar-refractivity contribution is 6.14. The van der Waals surface area contributed by atoms with Gasteiger partial charge in [-0.15, -0.1) is 0 Å². The molecule has 0 bridgehead atoms. The smallest absolute Gasteiger partial charge is 0.169 e. The number of ketones is 2. The van der Waals surface area contributed by atoms with E-state index >= 15 is 0 Å². The summed E-state index contributed by atoms with van der Waals surface area (Å²) >= 11 is 0. The highest BCUT2D eigenvalue weighted by Crippen LogP contribution is 2.56. The first-order valence-corrected chi connectivity index (χ1v) is 12.8. The molecule has 12 nitrogen and oxygen atoms in total. The fraction of sp³-hybridized carbons (Fsp3) is 0.267. The molecule has 0 aliphatic heterocycles. The zero-order valence-corrected chi connectivity index (χ0v) is 22.2. The average Bonchev–Trinajstić information content (AvgIpc) is 2.86. The summed E-state index contributed by atoms with van der Waals surface area (Å²) in [6.07, 6.45) is -4.25. The summed E-state index contributed by atoms with van der Waals surface area (Å²) in [6.45, 7) is 2.48. The van der Waals surface area contributed by atoms with Crippen molar-refractivity contribution in [3.63, 3.8) is 0 Å². The van der Waals surface area contributed by atoms with E-state index in [1.807, 2.05) is 0 Å². The van der Waals surface area contributed by atoms with Crippen LogP contribution in [0.3, 0.4) is 0 Å². The minimum Gasteiger partial charge on any atom is -0.507 e. The Kier molecular flexibility index (Phi) is 5.55. The van der Waals surface area contributed by atoms with Gasteiger partial charge in [-0.25, -0.2) is 0 Å². The molecule has 6 rings (SSSR count). The van der Waals surface area contributed by atoms with Gasteiger partial charge in [0.2, 0.25) is 0 Å². The molecular weight excluding hydrogens is 552 g/mol. The third kappa shape index (κ3) is 3.50. The number of carbonyl (C=O) groups is 2. The number of aromatic hydroxyl groups is 6. The summed E-state index contributed by atoms with van der Waals surface area (Å²) in [5.74, 6) is -6.23. The molecule has 0 saturated carbocycles. The Balaban J connectivity index is 1.65. The van der Waals surface area contributed by atoms with Crippen LogP contribution in [0.15, 0.2) is 24.3 Å². The van der Waals surface area contributed by atoms with Gasteiger partial charge in [-0.2, -0.15) is 0 Å². The van der Waals surface area contributed by atoms with E-state index in [1.165, 1.54) is 26.0 Å². The van der Waals surface area contributed by atoms with Crippen molar-refractivity contribution in [1.82, 2.24) is 0 Å². The van der Waals surface area contributed by atoms with Crippen molar-refractivity contribution in [2.75, 3.05) is 0 Å². The maximum absolute atomic E-state index is 12.8. The number of aliphatic hydroxyl groups excluding tert-OH is 2. The lowest BCUT2D eigenvalue weighted by Crippen LogP contribution is -2.40. The molecule has 2 aliphatic carbocycles. The SMILES string of the molecule is CC1(O)CC(=O)c2c(cc3cc(O)c(-c4c(O)cc5cc6c(c(O)c5c4O)C(=O)CC(C)(O)C6O)c(O)c3c2O)C1O. The fourth-order valence-electron chi connectivity index (χ4n) is 6.28. The van der Waals surface area contributed by atoms with E-state index in [2.05, 4.69) is 0 Å². The Morgan fingerprint density at radius 3 is 1.21 bits per heavy atom. The van der Waals surface area contributed by atoms with Crippen LogP contribution in [0.4, 0.5) is 0 Å². The van der Waals surface area contributed by atoms with E-state index < -0.39 is 93.4 Å². The standard InChI is InChI=1S/C30H26O12/c1-29(41)7-15(33)19-11(27(29)39)3-9-5-13(31)21(25(37)17(9)23(19)35)22-14(32)6-10-4-12-20(24(36)18(10)26(22)38)16(34)8-30(2,42)28(12)40/h3-6,27-28,31-32,35-42H,7-8H2,1-2H3. The largest absolute Gasteiger partial charge is 0.507 e. The normalized spacial score (nSPS) is 25.6. The fourth-order valence-corrected chi connectivity index (χ4v) is 6.28. The number of phenols is 6. The zero-order chi connectivity index (χ0) is 30.8. The number of aliphatic hydroxyl groups is 4. The lowest BCUT2D eigenvalue weighted by Gasteiger charge is -2.35. The van der Waals surface area contributed by atoms with E-state index in [-0.39, 0.29) is 43.8 Å². The van der Waals surface area contributed by atoms with E-state index in [9.17, 15) is 60.7 Å². The third-order valence-corrected chi connectivity index (χ3v) is 8.38. The maximum atomic E-state index is 12.8. The van der Waals surface area contributed by atoms with Crippen LogP contribution in [0.1, 0.15) is 70.7 Å². The number of Topliss-reactive ketones (excluding diaryl/α,β-unsaturated/α-hetero) is 2. The molecule has 4 atom stereocenters. The molecule has 0 radical (unpaired) electrons. The molecule has 42 heavy (non-hydrogen) atoms. The highest BCUT2D eigenvalue weighted by Gasteiger charge is 2.45. The molecule has 0 fully saturated rings. The Hall–Kier alpha value is -4.62. The van der Waals surface area contributed by atoms with Crippen molar-refractivity contribution in [3.05, 3.63) is 46.5 Å². The van der Waals surface area contributed by atoms with Crippen LogP contribution >= 0.6 is 0 Å². The number of hydrogen-bond donors (Lipinski definition) is 10. The van der Waals surface area contributed by atoms with Gasteiger partial charge in [0.05, 0.1) is 44.2 Å². The zero-order valence-electron chi connectivity index (χ0n) is 22.2. The Morgan fingerprint density at radius 1 is 0.571 bits per heavy atom. The van der Waals surface area contributed by atoms with Crippen molar-refractivity contribution < 1.29 is 60.7 Å². The summed E-state index contributed by atoms with van der Waals surface area (Å²) in [7, 11) is 0. The first kappa shape index (κ1) is 27.5. The van der Waals surface area contributed by atoms with Gasteiger partial charge in [0.15, 0.2) is 11.6 Å². The summed E-state index contributed by atoms with van der Waals surface area (Å²) < 4.78 is 0. The van der Waals surface area contributed by atoms with Gasteiger partial charge in [0.1, 0.15) is 46.7 Å². The van der Waals surface area contributed by atoms with Gasteiger partial charge in [0, 0.05) is 12.8 Å². The average molecular weight is 579 g/mol. The van der Waals surface area contributed by atoms with Gasteiger partial charge in [-0.3, -0.25) is 9.59 Å². The van der Waals surface area contributed by atoms with Crippen LogP contribution < -0.4 is 0 Å². The van der Waals surface area contributed by atoms with Crippen molar-refractivity contribution in [1.29, 1.82) is 0 Å². The molecule has 2 aliphatic rings. The Morgan fingerprint density at radius 2 is 0.881 bits per heavy atom. The van der Waals surface area contributed by atoms with Crippen LogP contribution in [-0.4, -0.2) is 73.8 Å². The van der Waals surface area contributed by atoms with Gasteiger partial charge in [-0.05, 0) is 60.0 Å². The maximum Gasteiger partial charge on any atom is 0.169 e. The molecular formula is C30H26O12. The second-order valence-corrected chi connectivity index (χ2v) is 11.5. The lowest BCUT2D eigenvalue weighted by atomic mass is 9.76. The lowest BCUT2D eigenvalue weighted by molar-refractivity contribution is -0.0677. The monoisotopic (exact) mass is 578 g/mol. The van der Waals surface area contributed by atoms with Gasteiger partial charge in [0.25, 0.3) is 0 Å². The number of hydrogen-bond acceptors (Lipinski definition) is 12. The van der Waals surface area contributed by atoms with Crippen LogP contribution in [0.2, 0.25) is 0 Å². The minimum absolute atomic E-state index is 0.0575. The van der Waals surface area contributed by atoms with Crippen molar-refractivity contribution >= 4 is 33.1 Å². The molecule has 4 unspecified atom stereocenters. The van der Waals surface area contributed by atoms with Gasteiger partial charge >= 0.3 is 0 Å². The van der Waals surface area contributed by atoms with Crippen LogP contribution in [-0.2, 0) is 0 Å². The van der Waals surface area contributed by atoms with Crippen LogP contribution in [0.25, 0.3) is 32.7 Å². The van der Waals surface area contributed by atoms with Crippen LogP contribution in [0, 0.1) is 0 Å². The molecule has 12 heteroatoms. The topological polar surface area (TPSA) is 236 Å². The first-order chi connectivity index (χ1) is 19.5. The third-order valence-electron chi connectivity index (χ3n) is 8.38. The van der Waals surface area contributed by atoms with E-state index in [4.69, 9.17) is 0 Å². The molecule has 4 aromatic rings. The quantitative estimate of drug-likeness (QED) is 0.157. The number of rotatable bonds is 1. The number of carbonyl (C=O) groups excluding carboxylic acids is 2. The van der Waals surface area contributed by atoms with E-state index in [0.29, 0.717) is 0 Å². The van der Waals surface area contributed by atoms with Gasteiger partial charge in [-0.1, -0.05) is 0 Å². The second-order valence-electron chi connectivity index (χ2n) is 11.5.